The Kier molecular flexibility index (Phi) is 3.15. The van der Waals surface area contributed by atoms with Gasteiger partial charge < -0.3 is 0 Å². The van der Waals surface area contributed by atoms with Crippen molar-refractivity contribution in [3.63, 3.8) is 0 Å². The zero-order valence-corrected chi connectivity index (χ0v) is 13.6. The van der Waals surface area contributed by atoms with Crippen molar-refractivity contribution in [2.24, 2.45) is 0 Å². The van der Waals surface area contributed by atoms with E-state index < -0.39 is 0 Å². The molecule has 6 heteroatoms. The second-order valence-electron chi connectivity index (χ2n) is 5.18. The molecule has 1 aliphatic rings. The van der Waals surface area contributed by atoms with Crippen molar-refractivity contribution >= 4 is 37.5 Å². The van der Waals surface area contributed by atoms with Crippen molar-refractivity contribution in [2.45, 2.75) is 25.8 Å². The SMILES string of the molecule is O=c1c2c3c(sc2ncn1Cc1ccc(Br)cn1)CCC3. The maximum absolute atomic E-state index is 12.7. The molecule has 3 heterocycles. The Morgan fingerprint density at radius 2 is 2.19 bits per heavy atom. The highest BCUT2D eigenvalue weighted by Crippen LogP contribution is 2.34. The van der Waals surface area contributed by atoms with Gasteiger partial charge in [-0.3, -0.25) is 14.3 Å². The Balaban J connectivity index is 1.81. The molecular formula is C15H12BrN3OS. The van der Waals surface area contributed by atoms with Crippen molar-refractivity contribution in [3.8, 4) is 0 Å². The average molecular weight is 362 g/mol. The van der Waals surface area contributed by atoms with Crippen LogP contribution in [0.4, 0.5) is 0 Å². The lowest BCUT2D eigenvalue weighted by molar-refractivity contribution is 0.729. The van der Waals surface area contributed by atoms with E-state index in [4.69, 9.17) is 0 Å². The Morgan fingerprint density at radius 3 is 3.00 bits per heavy atom. The summed E-state index contributed by atoms with van der Waals surface area (Å²) in [5, 5.41) is 0.826. The molecule has 4 nitrogen and oxygen atoms in total. The van der Waals surface area contributed by atoms with Gasteiger partial charge in [-0.1, -0.05) is 0 Å². The third kappa shape index (κ3) is 2.22. The number of halogens is 1. The molecule has 0 bridgehead atoms. The molecule has 3 aromatic heterocycles. The fraction of sp³-hybridized carbons (Fsp3) is 0.267. The quantitative estimate of drug-likeness (QED) is 0.704. The number of aromatic nitrogens is 3. The lowest BCUT2D eigenvalue weighted by atomic mass is 10.2. The molecule has 0 unspecified atom stereocenters. The first-order chi connectivity index (χ1) is 10.2. The van der Waals surface area contributed by atoms with Gasteiger partial charge in [-0.15, -0.1) is 11.3 Å². The zero-order chi connectivity index (χ0) is 14.4. The maximum atomic E-state index is 12.7. The van der Waals surface area contributed by atoms with Crippen LogP contribution < -0.4 is 5.56 Å². The largest absolute Gasteiger partial charge is 0.293 e. The first kappa shape index (κ1) is 13.2. The molecule has 106 valence electrons. The summed E-state index contributed by atoms with van der Waals surface area (Å²) in [6.45, 7) is 0.458. The van der Waals surface area contributed by atoms with Crippen LogP contribution in [-0.2, 0) is 19.4 Å². The molecular weight excluding hydrogens is 350 g/mol. The smallest absolute Gasteiger partial charge is 0.262 e. The monoisotopic (exact) mass is 361 g/mol. The van der Waals surface area contributed by atoms with Gasteiger partial charge in [-0.2, -0.15) is 0 Å². The van der Waals surface area contributed by atoms with Crippen LogP contribution >= 0.6 is 27.3 Å². The van der Waals surface area contributed by atoms with Crippen LogP contribution in [0.5, 0.6) is 0 Å². The van der Waals surface area contributed by atoms with Crippen LogP contribution in [0.2, 0.25) is 0 Å². The van der Waals surface area contributed by atoms with Crippen molar-refractivity contribution in [3.05, 3.63) is 55.6 Å². The fourth-order valence-corrected chi connectivity index (χ4v) is 4.26. The molecule has 0 aliphatic heterocycles. The van der Waals surface area contributed by atoms with Crippen molar-refractivity contribution in [1.29, 1.82) is 0 Å². The summed E-state index contributed by atoms with van der Waals surface area (Å²) in [6.07, 6.45) is 6.63. The number of pyridine rings is 1. The van der Waals surface area contributed by atoms with Crippen LogP contribution in [0.1, 0.15) is 22.6 Å². The van der Waals surface area contributed by atoms with Gasteiger partial charge in [0.05, 0.1) is 24.0 Å². The van der Waals surface area contributed by atoms with Crippen molar-refractivity contribution in [1.82, 2.24) is 14.5 Å². The molecule has 0 aromatic carbocycles. The van der Waals surface area contributed by atoms with Gasteiger partial charge in [-0.05, 0) is 52.9 Å². The number of fused-ring (bicyclic) bond motifs is 3. The molecule has 3 aromatic rings. The molecule has 0 atom stereocenters. The Labute approximate surface area is 133 Å². The molecule has 0 amide bonds. The number of thiophene rings is 1. The highest BCUT2D eigenvalue weighted by atomic mass is 79.9. The normalized spacial score (nSPS) is 13.8. The van der Waals surface area contributed by atoms with E-state index in [-0.39, 0.29) is 5.56 Å². The molecule has 0 spiro atoms. The number of aryl methyl sites for hydroxylation is 2. The standard InChI is InChI=1S/C15H12BrN3OS/c16-9-4-5-10(17-6-9)7-19-8-18-14-13(15(19)20)11-2-1-3-12(11)21-14/h4-6,8H,1-3,7H2. The van der Waals surface area contributed by atoms with Crippen molar-refractivity contribution in [2.75, 3.05) is 0 Å². The zero-order valence-electron chi connectivity index (χ0n) is 11.2. The summed E-state index contributed by atoms with van der Waals surface area (Å²) in [5.74, 6) is 0. The van der Waals surface area contributed by atoms with E-state index in [1.165, 1.54) is 10.4 Å². The predicted molar refractivity (Wildman–Crippen MR) is 86.9 cm³/mol. The molecule has 0 radical (unpaired) electrons. The molecule has 4 rings (SSSR count). The van der Waals surface area contributed by atoms with Gasteiger partial charge in [0, 0.05) is 15.5 Å². The van der Waals surface area contributed by atoms with Gasteiger partial charge in [0.15, 0.2) is 0 Å². The summed E-state index contributed by atoms with van der Waals surface area (Å²) in [6, 6.07) is 3.85. The Bertz CT molecular complexity index is 882. The second kappa shape index (κ2) is 5.03. The Morgan fingerprint density at radius 1 is 1.29 bits per heavy atom. The second-order valence-corrected chi connectivity index (χ2v) is 7.18. The minimum atomic E-state index is 0.0594. The first-order valence-corrected chi connectivity index (χ1v) is 8.43. The van der Waals surface area contributed by atoms with Gasteiger partial charge in [0.1, 0.15) is 4.83 Å². The highest BCUT2D eigenvalue weighted by molar-refractivity contribution is 9.10. The summed E-state index contributed by atoms with van der Waals surface area (Å²) >= 11 is 5.04. The first-order valence-electron chi connectivity index (χ1n) is 6.82. The van der Waals surface area contributed by atoms with E-state index in [2.05, 4.69) is 25.9 Å². The fourth-order valence-electron chi connectivity index (χ4n) is 2.81. The van der Waals surface area contributed by atoms with E-state index in [0.29, 0.717) is 6.54 Å². The van der Waals surface area contributed by atoms with Crippen molar-refractivity contribution < 1.29 is 0 Å². The molecule has 0 saturated heterocycles. The summed E-state index contributed by atoms with van der Waals surface area (Å²) in [7, 11) is 0. The number of nitrogens with zero attached hydrogens (tertiary/aromatic N) is 3. The molecule has 21 heavy (non-hydrogen) atoms. The number of hydrogen-bond donors (Lipinski definition) is 0. The number of hydrogen-bond acceptors (Lipinski definition) is 4. The van der Waals surface area contributed by atoms with E-state index in [0.717, 1.165) is 39.6 Å². The summed E-state index contributed by atoms with van der Waals surface area (Å²) in [5.41, 5.74) is 2.14. The third-order valence-corrected chi connectivity index (χ3v) is 5.48. The number of rotatable bonds is 2. The lowest BCUT2D eigenvalue weighted by Crippen LogP contribution is -2.21. The van der Waals surface area contributed by atoms with Crippen LogP contribution in [0.25, 0.3) is 10.2 Å². The topological polar surface area (TPSA) is 47.8 Å². The average Bonchev–Trinajstić information content (AvgIpc) is 3.04. The van der Waals surface area contributed by atoms with Gasteiger partial charge in [0.2, 0.25) is 0 Å². The Hall–Kier alpha value is -1.53. The van der Waals surface area contributed by atoms with Crippen LogP contribution in [0.3, 0.4) is 0 Å². The van der Waals surface area contributed by atoms with Gasteiger partial charge in [0.25, 0.3) is 5.56 Å². The minimum Gasteiger partial charge on any atom is -0.293 e. The highest BCUT2D eigenvalue weighted by Gasteiger charge is 2.21. The van der Waals surface area contributed by atoms with E-state index in [9.17, 15) is 4.79 Å². The molecule has 0 fully saturated rings. The summed E-state index contributed by atoms with van der Waals surface area (Å²) < 4.78 is 2.59. The maximum Gasteiger partial charge on any atom is 0.262 e. The van der Waals surface area contributed by atoms with Crippen LogP contribution in [0, 0.1) is 0 Å². The summed E-state index contributed by atoms with van der Waals surface area (Å²) in [4.78, 5) is 23.7. The van der Waals surface area contributed by atoms with Gasteiger partial charge >= 0.3 is 0 Å². The lowest BCUT2D eigenvalue weighted by Gasteiger charge is -2.05. The third-order valence-electron chi connectivity index (χ3n) is 3.81. The van der Waals surface area contributed by atoms with Crippen LogP contribution in [-0.4, -0.2) is 14.5 Å². The van der Waals surface area contributed by atoms with E-state index in [1.54, 1.807) is 28.4 Å². The molecule has 1 aliphatic carbocycles. The molecule has 0 N–H and O–H groups in total. The van der Waals surface area contributed by atoms with Gasteiger partial charge in [-0.25, -0.2) is 4.98 Å². The molecule has 0 saturated carbocycles. The van der Waals surface area contributed by atoms with Crippen LogP contribution in [0.15, 0.2) is 33.9 Å². The predicted octanol–water partition coefficient (Wildman–Crippen LogP) is 3.15. The van der Waals surface area contributed by atoms with E-state index >= 15 is 0 Å². The van der Waals surface area contributed by atoms with E-state index in [1.807, 2.05) is 12.1 Å². The minimum absolute atomic E-state index is 0.0594.